The molecule has 2 aromatic carbocycles. The zero-order valence-electron chi connectivity index (χ0n) is 14.6. The smallest absolute Gasteiger partial charge is 0.0489 e. The Labute approximate surface area is 154 Å². The lowest BCUT2D eigenvalue weighted by Crippen LogP contribution is -2.21. The van der Waals surface area contributed by atoms with Crippen LogP contribution < -0.4 is 0 Å². The van der Waals surface area contributed by atoms with Gasteiger partial charge < -0.3 is 9.47 Å². The zero-order chi connectivity index (χ0) is 17.4. The highest BCUT2D eigenvalue weighted by Crippen LogP contribution is 2.32. The highest BCUT2D eigenvalue weighted by molar-refractivity contribution is 6.31. The molecule has 1 aliphatic heterocycles. The van der Waals surface area contributed by atoms with Crippen LogP contribution in [0.3, 0.4) is 0 Å². The van der Waals surface area contributed by atoms with E-state index in [0.29, 0.717) is 0 Å². The number of hydrogen-bond donors (Lipinski definition) is 0. The van der Waals surface area contributed by atoms with E-state index in [4.69, 9.17) is 11.6 Å². The summed E-state index contributed by atoms with van der Waals surface area (Å²) in [6, 6.07) is 16.8. The van der Waals surface area contributed by atoms with Crippen LogP contribution >= 0.6 is 11.6 Å². The average Bonchev–Trinajstić information content (AvgIpc) is 2.76. The molecule has 0 saturated carbocycles. The topological polar surface area (TPSA) is 8.17 Å². The molecular formula is C22H23ClN2. The number of nitrogens with zero attached hydrogens (tertiary/aromatic N) is 2. The zero-order valence-corrected chi connectivity index (χ0v) is 15.4. The molecule has 0 radical (unpaired) electrons. The van der Waals surface area contributed by atoms with Gasteiger partial charge in [-0.05, 0) is 48.4 Å². The van der Waals surface area contributed by atoms with Gasteiger partial charge in [-0.1, -0.05) is 48.5 Å². The fourth-order valence-corrected chi connectivity index (χ4v) is 4.03. The summed E-state index contributed by atoms with van der Waals surface area (Å²) in [5.74, 6) is 0. The van der Waals surface area contributed by atoms with Crippen LogP contribution in [0.5, 0.6) is 0 Å². The van der Waals surface area contributed by atoms with Gasteiger partial charge >= 0.3 is 0 Å². The first-order valence-corrected chi connectivity index (χ1v) is 9.22. The van der Waals surface area contributed by atoms with Crippen molar-refractivity contribution < 1.29 is 0 Å². The van der Waals surface area contributed by atoms with Crippen LogP contribution in [0.25, 0.3) is 16.5 Å². The average molecular weight is 351 g/mol. The first-order valence-electron chi connectivity index (χ1n) is 8.85. The van der Waals surface area contributed by atoms with Crippen molar-refractivity contribution in [3.05, 3.63) is 77.0 Å². The molecule has 3 heteroatoms. The van der Waals surface area contributed by atoms with Gasteiger partial charge in [-0.25, -0.2) is 0 Å². The predicted molar refractivity (Wildman–Crippen MR) is 107 cm³/mol. The van der Waals surface area contributed by atoms with Crippen LogP contribution in [-0.2, 0) is 19.4 Å². The molecule has 0 saturated heterocycles. The third kappa shape index (κ3) is 3.12. The Balaban J connectivity index is 1.81. The minimum atomic E-state index is 0.812. The second-order valence-corrected chi connectivity index (χ2v) is 7.38. The Morgan fingerprint density at radius 3 is 2.64 bits per heavy atom. The standard InChI is InChI=1S/C22H23ClN2/c1-16(17-6-4-3-5-7-17)15-25-21-9-8-18(23)14-20(21)19-10-12-24(2)13-11-22(19)25/h3-9,14H,1,10-13,15H2,2H3. The van der Waals surface area contributed by atoms with Gasteiger partial charge in [0.2, 0.25) is 0 Å². The van der Waals surface area contributed by atoms with Crippen molar-refractivity contribution in [2.45, 2.75) is 19.4 Å². The van der Waals surface area contributed by atoms with Crippen LogP contribution in [0.4, 0.5) is 0 Å². The van der Waals surface area contributed by atoms with E-state index in [1.165, 1.54) is 27.7 Å². The van der Waals surface area contributed by atoms with Gasteiger partial charge in [-0.2, -0.15) is 0 Å². The summed E-state index contributed by atoms with van der Waals surface area (Å²) in [6.07, 6.45) is 2.15. The van der Waals surface area contributed by atoms with Gasteiger partial charge in [-0.3, -0.25) is 0 Å². The van der Waals surface area contributed by atoms with Gasteiger partial charge in [-0.15, -0.1) is 0 Å². The van der Waals surface area contributed by atoms with Gasteiger partial charge in [0.1, 0.15) is 0 Å². The number of rotatable bonds is 3. The van der Waals surface area contributed by atoms with E-state index < -0.39 is 0 Å². The second kappa shape index (κ2) is 6.70. The maximum atomic E-state index is 6.30. The van der Waals surface area contributed by atoms with Crippen LogP contribution in [-0.4, -0.2) is 29.6 Å². The lowest BCUT2D eigenvalue weighted by molar-refractivity contribution is 0.351. The van der Waals surface area contributed by atoms with Crippen LogP contribution in [0, 0.1) is 0 Å². The number of allylic oxidation sites excluding steroid dienone is 1. The van der Waals surface area contributed by atoms with Crippen LogP contribution in [0.15, 0.2) is 55.1 Å². The predicted octanol–water partition coefficient (Wildman–Crippen LogP) is 5.04. The van der Waals surface area contributed by atoms with Crippen molar-refractivity contribution in [2.75, 3.05) is 20.1 Å². The highest BCUT2D eigenvalue weighted by atomic mass is 35.5. The molecule has 0 fully saturated rings. The van der Waals surface area contributed by atoms with Crippen molar-refractivity contribution in [1.82, 2.24) is 9.47 Å². The maximum Gasteiger partial charge on any atom is 0.0489 e. The van der Waals surface area contributed by atoms with Crippen molar-refractivity contribution >= 4 is 28.1 Å². The number of benzene rings is 2. The Bertz CT molecular complexity index is 924. The Kier molecular flexibility index (Phi) is 4.41. The second-order valence-electron chi connectivity index (χ2n) is 6.95. The molecule has 3 aromatic rings. The molecule has 2 heterocycles. The molecule has 0 amide bonds. The molecule has 4 rings (SSSR count). The van der Waals surface area contributed by atoms with E-state index in [0.717, 1.165) is 43.1 Å². The number of fused-ring (bicyclic) bond motifs is 3. The fourth-order valence-electron chi connectivity index (χ4n) is 3.86. The number of likely N-dealkylation sites (N-methyl/N-ethyl adjacent to an activating group) is 1. The summed E-state index contributed by atoms with van der Waals surface area (Å²) in [4.78, 5) is 2.41. The minimum absolute atomic E-state index is 0.812. The maximum absolute atomic E-state index is 6.30. The molecule has 0 aliphatic carbocycles. The number of aromatic nitrogens is 1. The van der Waals surface area contributed by atoms with Crippen LogP contribution in [0.2, 0.25) is 5.02 Å². The van der Waals surface area contributed by atoms with E-state index in [9.17, 15) is 0 Å². The number of hydrogen-bond acceptors (Lipinski definition) is 1. The summed E-state index contributed by atoms with van der Waals surface area (Å²) in [5, 5.41) is 2.12. The first-order chi connectivity index (χ1) is 12.1. The molecule has 0 bridgehead atoms. The Morgan fingerprint density at radius 2 is 1.84 bits per heavy atom. The summed E-state index contributed by atoms with van der Waals surface area (Å²) in [6.45, 7) is 7.36. The third-order valence-electron chi connectivity index (χ3n) is 5.25. The quantitative estimate of drug-likeness (QED) is 0.642. The molecule has 0 spiro atoms. The van der Waals surface area contributed by atoms with Crippen molar-refractivity contribution in [1.29, 1.82) is 0 Å². The molecule has 128 valence electrons. The van der Waals surface area contributed by atoms with Gasteiger partial charge in [0.05, 0.1) is 0 Å². The largest absolute Gasteiger partial charge is 0.340 e. The van der Waals surface area contributed by atoms with Crippen molar-refractivity contribution in [3.8, 4) is 0 Å². The minimum Gasteiger partial charge on any atom is -0.340 e. The summed E-state index contributed by atoms with van der Waals surface area (Å²) < 4.78 is 2.45. The SMILES string of the molecule is C=C(Cn1c2c(c3cc(Cl)ccc31)CCN(C)CC2)c1ccccc1. The Morgan fingerprint density at radius 1 is 1.08 bits per heavy atom. The fraction of sp³-hybridized carbons (Fsp3) is 0.273. The molecule has 2 nitrogen and oxygen atoms in total. The molecule has 25 heavy (non-hydrogen) atoms. The van der Waals surface area contributed by atoms with E-state index >= 15 is 0 Å². The molecule has 0 unspecified atom stereocenters. The van der Waals surface area contributed by atoms with Gasteiger partial charge in [0.25, 0.3) is 0 Å². The summed E-state index contributed by atoms with van der Waals surface area (Å²) in [5.41, 5.74) is 6.53. The van der Waals surface area contributed by atoms with E-state index in [1.807, 2.05) is 12.1 Å². The van der Waals surface area contributed by atoms with Crippen molar-refractivity contribution in [2.24, 2.45) is 0 Å². The number of halogens is 1. The normalized spacial score (nSPS) is 15.1. The van der Waals surface area contributed by atoms with E-state index in [1.54, 1.807) is 0 Å². The summed E-state index contributed by atoms with van der Waals surface area (Å²) >= 11 is 6.30. The molecule has 0 N–H and O–H groups in total. The van der Waals surface area contributed by atoms with E-state index in [2.05, 4.69) is 59.5 Å². The molecular weight excluding hydrogens is 328 g/mol. The van der Waals surface area contributed by atoms with Crippen molar-refractivity contribution in [3.63, 3.8) is 0 Å². The van der Waals surface area contributed by atoms with Crippen LogP contribution in [0.1, 0.15) is 16.8 Å². The first kappa shape index (κ1) is 16.4. The lowest BCUT2D eigenvalue weighted by Gasteiger charge is -2.15. The Hall–Kier alpha value is -2.03. The monoisotopic (exact) mass is 350 g/mol. The summed E-state index contributed by atoms with van der Waals surface area (Å²) in [7, 11) is 2.20. The molecule has 1 aliphatic rings. The molecule has 1 aromatic heterocycles. The van der Waals surface area contributed by atoms with Gasteiger partial charge in [0, 0.05) is 47.7 Å². The lowest BCUT2D eigenvalue weighted by atomic mass is 10.1. The molecule has 0 atom stereocenters. The highest BCUT2D eigenvalue weighted by Gasteiger charge is 2.21. The van der Waals surface area contributed by atoms with E-state index in [-0.39, 0.29) is 0 Å². The third-order valence-corrected chi connectivity index (χ3v) is 5.49. The van der Waals surface area contributed by atoms with Gasteiger partial charge in [0.15, 0.2) is 0 Å².